The second-order valence-electron chi connectivity index (χ2n) is 4.11. The fraction of sp³-hybridized carbons (Fsp3) is 1.00. The molecule has 15 heteroatoms. The normalized spacial score (nSPS) is 19.6. The highest BCUT2D eigenvalue weighted by Gasteiger charge is 2.65. The van der Waals surface area contributed by atoms with Gasteiger partial charge >= 0.3 is 18.3 Å². The predicted molar refractivity (Wildman–Crippen MR) is 45.6 cm³/mol. The molecule has 0 saturated heterocycles. The largest absolute Gasteiger partial charge is 0.429 e. The number of ether oxygens (including phenoxy) is 1. The summed E-state index contributed by atoms with van der Waals surface area (Å²) in [6, 6.07) is 0. The number of nitrogens with zero attached hydrogens (tertiary/aromatic N) is 1. The average molecular weight is 379 g/mol. The van der Waals surface area contributed by atoms with Crippen LogP contribution in [0.25, 0.3) is 0 Å². The second kappa shape index (κ2) is 6.86. The molecule has 3 unspecified atom stereocenters. The summed E-state index contributed by atoms with van der Waals surface area (Å²) in [5.74, 6) is -5.46. The zero-order chi connectivity index (χ0) is 18.9. The van der Waals surface area contributed by atoms with Crippen LogP contribution in [0.2, 0.25) is 0 Å². The summed E-state index contributed by atoms with van der Waals surface area (Å²) in [6.07, 6.45) is -22.1. The molecule has 0 N–H and O–H groups in total. The highest BCUT2D eigenvalue weighted by Crippen LogP contribution is 2.41. The zero-order valence-electron chi connectivity index (χ0n) is 10.3. The Kier molecular flexibility index (Phi) is 6.57. The molecule has 3 atom stereocenters. The molecular formula is C8H6F13NO. The first-order valence-corrected chi connectivity index (χ1v) is 5.13. The smallest absolute Gasteiger partial charge is 0.371 e. The van der Waals surface area contributed by atoms with E-state index in [1.807, 2.05) is 0 Å². The Morgan fingerprint density at radius 3 is 1.52 bits per heavy atom. The van der Waals surface area contributed by atoms with Gasteiger partial charge in [-0.25, -0.2) is 22.0 Å². The van der Waals surface area contributed by atoms with E-state index >= 15 is 0 Å². The molecule has 0 heterocycles. The lowest BCUT2D eigenvalue weighted by atomic mass is 10.1. The predicted octanol–water partition coefficient (Wildman–Crippen LogP) is 4.18. The quantitative estimate of drug-likeness (QED) is 0.374. The number of hydrogen-bond acceptors (Lipinski definition) is 2. The van der Waals surface area contributed by atoms with Gasteiger partial charge in [-0.05, 0) is 0 Å². The maximum absolute atomic E-state index is 13.2. The third-order valence-corrected chi connectivity index (χ3v) is 2.28. The van der Waals surface area contributed by atoms with Crippen molar-refractivity contribution in [3.8, 4) is 0 Å². The minimum atomic E-state index is -6.39. The van der Waals surface area contributed by atoms with E-state index < -0.39 is 55.0 Å². The molecule has 0 bridgehead atoms. The van der Waals surface area contributed by atoms with Crippen LogP contribution in [0.15, 0.2) is 0 Å². The van der Waals surface area contributed by atoms with Gasteiger partial charge in [0.15, 0.2) is 0 Å². The van der Waals surface area contributed by atoms with Gasteiger partial charge in [0.2, 0.25) is 0 Å². The summed E-state index contributed by atoms with van der Waals surface area (Å²) in [5.41, 5.74) is -5.55. The molecule has 140 valence electrons. The summed E-state index contributed by atoms with van der Waals surface area (Å²) in [4.78, 5) is 0. The van der Waals surface area contributed by atoms with Crippen molar-refractivity contribution in [2.75, 3.05) is 13.2 Å². The van der Waals surface area contributed by atoms with Crippen LogP contribution in [0.5, 0.6) is 0 Å². The van der Waals surface area contributed by atoms with Gasteiger partial charge in [-0.2, -0.15) is 26.3 Å². The molecule has 0 aliphatic rings. The van der Waals surface area contributed by atoms with Gasteiger partial charge in [0.05, 0.1) is 12.0 Å². The van der Waals surface area contributed by atoms with Crippen molar-refractivity contribution in [2.45, 2.75) is 36.4 Å². The molecule has 0 spiro atoms. The molecular weight excluding hydrogens is 373 g/mol. The first-order chi connectivity index (χ1) is 9.97. The van der Waals surface area contributed by atoms with E-state index in [2.05, 4.69) is 4.74 Å². The topological polar surface area (TPSA) is 12.5 Å². The molecule has 2 nitrogen and oxygen atoms in total. The molecule has 0 saturated carbocycles. The van der Waals surface area contributed by atoms with E-state index in [1.165, 1.54) is 0 Å². The van der Waals surface area contributed by atoms with Crippen LogP contribution in [-0.2, 0) is 4.74 Å². The summed E-state index contributed by atoms with van der Waals surface area (Å²) >= 11 is 0. The van der Waals surface area contributed by atoms with Gasteiger partial charge in [-0.1, -0.05) is 8.96 Å². The molecule has 0 radical (unpaired) electrons. The molecule has 0 aliphatic heterocycles. The van der Waals surface area contributed by atoms with E-state index in [0.29, 0.717) is 0 Å². The Hall–Kier alpha value is -0.990. The second-order valence-corrected chi connectivity index (χ2v) is 4.11. The van der Waals surface area contributed by atoms with E-state index in [0.717, 1.165) is 0 Å². The van der Waals surface area contributed by atoms with Crippen LogP contribution >= 0.6 is 0 Å². The van der Waals surface area contributed by atoms with Crippen LogP contribution < -0.4 is 0 Å². The van der Waals surface area contributed by atoms with Crippen molar-refractivity contribution in [1.29, 1.82) is 0 Å². The SMILES string of the molecule is FC(C(F)(F)F)C(F)(F)COCC(F)(C(F)N(F)F)C(F)(F)F. The van der Waals surface area contributed by atoms with Crippen molar-refractivity contribution < 1.29 is 62.0 Å². The number of hydrogen-bond donors (Lipinski definition) is 0. The zero-order valence-corrected chi connectivity index (χ0v) is 10.3. The lowest BCUT2D eigenvalue weighted by molar-refractivity contribution is -0.339. The number of halogens is 13. The van der Waals surface area contributed by atoms with Gasteiger partial charge in [-0.3, -0.25) is 0 Å². The van der Waals surface area contributed by atoms with Crippen LogP contribution in [0.4, 0.5) is 57.3 Å². The van der Waals surface area contributed by atoms with Crippen molar-refractivity contribution in [1.82, 2.24) is 5.34 Å². The van der Waals surface area contributed by atoms with E-state index in [1.54, 1.807) is 0 Å². The van der Waals surface area contributed by atoms with Gasteiger partial charge in [0.1, 0.15) is 6.61 Å². The Morgan fingerprint density at radius 1 is 0.783 bits per heavy atom. The first-order valence-electron chi connectivity index (χ1n) is 5.13. The summed E-state index contributed by atoms with van der Waals surface area (Å²) in [6.45, 7) is -5.62. The highest BCUT2D eigenvalue weighted by atomic mass is 19.4. The van der Waals surface area contributed by atoms with E-state index in [9.17, 15) is 57.3 Å². The Labute approximate surface area is 118 Å². The molecule has 0 amide bonds. The van der Waals surface area contributed by atoms with E-state index in [4.69, 9.17) is 0 Å². The number of alkyl halides is 11. The van der Waals surface area contributed by atoms with Crippen molar-refractivity contribution in [3.63, 3.8) is 0 Å². The van der Waals surface area contributed by atoms with Crippen LogP contribution in [0.1, 0.15) is 0 Å². The van der Waals surface area contributed by atoms with Crippen LogP contribution in [0, 0.1) is 0 Å². The summed E-state index contributed by atoms with van der Waals surface area (Å²) in [7, 11) is 0. The maximum Gasteiger partial charge on any atom is 0.429 e. The maximum atomic E-state index is 13.2. The molecule has 0 aromatic heterocycles. The Balaban J connectivity index is 5.04. The summed E-state index contributed by atoms with van der Waals surface area (Å²) < 4.78 is 162. The van der Waals surface area contributed by atoms with Crippen LogP contribution in [0.3, 0.4) is 0 Å². The monoisotopic (exact) mass is 379 g/mol. The first kappa shape index (κ1) is 22.0. The van der Waals surface area contributed by atoms with E-state index in [-0.39, 0.29) is 0 Å². The molecule has 0 aliphatic carbocycles. The summed E-state index contributed by atoms with van der Waals surface area (Å²) in [5, 5.41) is -2.89. The minimum absolute atomic E-state index is 2.76. The molecule has 0 fully saturated rings. The molecule has 0 aromatic rings. The standard InChI is InChI=1S/C8H6F13NO/c9-3(7(14,15)16)6(12,13)2-23-1-5(11,8(17,18)19)4(10)22(20)21/h3-4H,1-2H2. The lowest BCUT2D eigenvalue weighted by Crippen LogP contribution is -2.56. The van der Waals surface area contributed by atoms with Crippen molar-refractivity contribution in [2.24, 2.45) is 0 Å². The molecule has 0 aromatic carbocycles. The fourth-order valence-corrected chi connectivity index (χ4v) is 1.09. The number of rotatable bonds is 7. The molecule has 23 heavy (non-hydrogen) atoms. The van der Waals surface area contributed by atoms with Gasteiger partial charge in [-0.15, -0.1) is 0 Å². The lowest BCUT2D eigenvalue weighted by Gasteiger charge is -2.31. The van der Waals surface area contributed by atoms with Crippen molar-refractivity contribution in [3.05, 3.63) is 0 Å². The third-order valence-electron chi connectivity index (χ3n) is 2.28. The third kappa shape index (κ3) is 5.26. The Morgan fingerprint density at radius 2 is 1.22 bits per heavy atom. The minimum Gasteiger partial charge on any atom is -0.371 e. The van der Waals surface area contributed by atoms with Crippen LogP contribution in [-0.4, -0.2) is 55.0 Å². The van der Waals surface area contributed by atoms with Gasteiger partial charge in [0.25, 0.3) is 18.1 Å². The highest BCUT2D eigenvalue weighted by molar-refractivity contribution is 4.92. The Bertz CT molecular complexity index is 379. The van der Waals surface area contributed by atoms with Gasteiger partial charge in [0, 0.05) is 0 Å². The van der Waals surface area contributed by atoms with Crippen molar-refractivity contribution >= 4 is 0 Å². The molecule has 0 rings (SSSR count). The average Bonchev–Trinajstić information content (AvgIpc) is 2.33. The fourth-order valence-electron chi connectivity index (χ4n) is 1.09. The van der Waals surface area contributed by atoms with Gasteiger partial charge < -0.3 is 4.74 Å².